The molecule has 5 heteroatoms. The highest BCUT2D eigenvalue weighted by Gasteiger charge is 1.99. The van der Waals surface area contributed by atoms with E-state index in [0.29, 0.717) is 11.5 Å². The van der Waals surface area contributed by atoms with Crippen molar-refractivity contribution >= 4 is 23.0 Å². The van der Waals surface area contributed by atoms with Crippen molar-refractivity contribution < 1.29 is 0 Å². The Kier molecular flexibility index (Phi) is 3.62. The summed E-state index contributed by atoms with van der Waals surface area (Å²) in [6, 6.07) is 9.39. The quantitative estimate of drug-likeness (QED) is 0.802. The van der Waals surface area contributed by atoms with E-state index in [1.54, 1.807) is 18.5 Å². The smallest absolute Gasteiger partial charge is 0.126 e. The van der Waals surface area contributed by atoms with Crippen molar-refractivity contribution in [3.8, 4) is 0 Å². The van der Waals surface area contributed by atoms with Crippen LogP contribution in [0.2, 0.25) is 0 Å². The van der Waals surface area contributed by atoms with Gasteiger partial charge < -0.3 is 11.1 Å². The van der Waals surface area contributed by atoms with Crippen LogP contribution in [-0.4, -0.2) is 15.0 Å². The molecule has 0 aliphatic carbocycles. The molecular weight excluding hydrogens is 232 g/mol. The van der Waals surface area contributed by atoms with Crippen LogP contribution in [0.4, 0.5) is 5.82 Å². The number of pyridine rings is 2. The SMILES string of the molecule is NC(=S)c1ccnc(NCc2ccccn2)c1. The number of hydrogen-bond acceptors (Lipinski definition) is 4. The van der Waals surface area contributed by atoms with Crippen LogP contribution >= 0.6 is 12.2 Å². The van der Waals surface area contributed by atoms with Gasteiger partial charge in [-0.2, -0.15) is 0 Å². The Morgan fingerprint density at radius 2 is 2.12 bits per heavy atom. The lowest BCUT2D eigenvalue weighted by atomic mass is 10.2. The number of nitrogens with zero attached hydrogens (tertiary/aromatic N) is 2. The first kappa shape index (κ1) is 11.5. The predicted molar refractivity (Wildman–Crippen MR) is 71.7 cm³/mol. The van der Waals surface area contributed by atoms with E-state index in [2.05, 4.69) is 15.3 Å². The number of aromatic nitrogens is 2. The zero-order chi connectivity index (χ0) is 12.1. The fourth-order valence-electron chi connectivity index (χ4n) is 1.36. The highest BCUT2D eigenvalue weighted by atomic mass is 32.1. The number of anilines is 1. The van der Waals surface area contributed by atoms with Crippen LogP contribution in [0.1, 0.15) is 11.3 Å². The Balaban J connectivity index is 2.04. The number of hydrogen-bond donors (Lipinski definition) is 2. The van der Waals surface area contributed by atoms with Crippen molar-refractivity contribution in [3.63, 3.8) is 0 Å². The van der Waals surface area contributed by atoms with Gasteiger partial charge in [0.15, 0.2) is 0 Å². The molecule has 0 unspecified atom stereocenters. The third-order valence-corrected chi connectivity index (χ3v) is 2.46. The average molecular weight is 244 g/mol. The summed E-state index contributed by atoms with van der Waals surface area (Å²) in [6.07, 6.45) is 3.44. The van der Waals surface area contributed by atoms with E-state index in [9.17, 15) is 0 Å². The number of rotatable bonds is 4. The Morgan fingerprint density at radius 1 is 1.24 bits per heavy atom. The molecule has 0 spiro atoms. The zero-order valence-electron chi connectivity index (χ0n) is 9.13. The maximum absolute atomic E-state index is 5.55. The van der Waals surface area contributed by atoms with E-state index in [4.69, 9.17) is 18.0 Å². The summed E-state index contributed by atoms with van der Waals surface area (Å²) in [6.45, 7) is 0.620. The van der Waals surface area contributed by atoms with Gasteiger partial charge in [0.1, 0.15) is 10.8 Å². The molecule has 2 heterocycles. The topological polar surface area (TPSA) is 63.8 Å². The fraction of sp³-hybridized carbons (Fsp3) is 0.0833. The summed E-state index contributed by atoms with van der Waals surface area (Å²) in [5.41, 5.74) is 7.31. The van der Waals surface area contributed by atoms with Crippen molar-refractivity contribution in [2.75, 3.05) is 5.32 Å². The Labute approximate surface area is 105 Å². The van der Waals surface area contributed by atoms with E-state index < -0.39 is 0 Å². The molecule has 0 amide bonds. The Morgan fingerprint density at radius 3 is 2.82 bits per heavy atom. The predicted octanol–water partition coefficient (Wildman–Crippen LogP) is 1.72. The minimum absolute atomic E-state index is 0.369. The van der Waals surface area contributed by atoms with Crippen molar-refractivity contribution in [3.05, 3.63) is 54.0 Å². The molecule has 0 saturated carbocycles. The van der Waals surface area contributed by atoms with Gasteiger partial charge in [-0.15, -0.1) is 0 Å². The van der Waals surface area contributed by atoms with Gasteiger partial charge in [-0.1, -0.05) is 18.3 Å². The van der Waals surface area contributed by atoms with Crippen molar-refractivity contribution in [2.24, 2.45) is 5.73 Å². The van der Waals surface area contributed by atoms with Crippen LogP contribution in [0.5, 0.6) is 0 Å². The highest BCUT2D eigenvalue weighted by molar-refractivity contribution is 7.80. The Bertz CT molecular complexity index is 513. The lowest BCUT2D eigenvalue weighted by Crippen LogP contribution is -2.10. The number of thiocarbonyl (C=S) groups is 1. The maximum atomic E-state index is 5.55. The minimum atomic E-state index is 0.369. The van der Waals surface area contributed by atoms with Crippen LogP contribution in [0.3, 0.4) is 0 Å². The Hall–Kier alpha value is -2.01. The van der Waals surface area contributed by atoms with Gasteiger partial charge in [-0.05, 0) is 24.3 Å². The van der Waals surface area contributed by atoms with Gasteiger partial charge in [0.2, 0.25) is 0 Å². The second kappa shape index (κ2) is 5.36. The molecule has 3 N–H and O–H groups in total. The molecule has 0 aromatic carbocycles. The van der Waals surface area contributed by atoms with Gasteiger partial charge >= 0.3 is 0 Å². The molecule has 17 heavy (non-hydrogen) atoms. The molecule has 86 valence electrons. The molecule has 0 aliphatic rings. The summed E-state index contributed by atoms with van der Waals surface area (Å²) in [7, 11) is 0. The monoisotopic (exact) mass is 244 g/mol. The normalized spacial score (nSPS) is 9.88. The lowest BCUT2D eigenvalue weighted by molar-refractivity contribution is 1.03. The van der Waals surface area contributed by atoms with Crippen LogP contribution in [-0.2, 0) is 6.54 Å². The average Bonchev–Trinajstić information content (AvgIpc) is 2.38. The van der Waals surface area contributed by atoms with Crippen LogP contribution in [0.15, 0.2) is 42.7 Å². The van der Waals surface area contributed by atoms with Crippen molar-refractivity contribution in [2.45, 2.75) is 6.54 Å². The first-order chi connectivity index (χ1) is 8.25. The first-order valence-electron chi connectivity index (χ1n) is 5.15. The number of nitrogens with one attached hydrogen (secondary N) is 1. The van der Waals surface area contributed by atoms with E-state index in [-0.39, 0.29) is 0 Å². The fourth-order valence-corrected chi connectivity index (χ4v) is 1.49. The molecule has 0 radical (unpaired) electrons. The third-order valence-electron chi connectivity index (χ3n) is 2.22. The van der Waals surface area contributed by atoms with Gasteiger partial charge in [-0.25, -0.2) is 4.98 Å². The van der Waals surface area contributed by atoms with E-state index in [1.165, 1.54) is 0 Å². The van der Waals surface area contributed by atoms with E-state index in [1.807, 2.05) is 24.3 Å². The molecular formula is C12H12N4S. The minimum Gasteiger partial charge on any atom is -0.389 e. The highest BCUT2D eigenvalue weighted by Crippen LogP contribution is 2.07. The third kappa shape index (κ3) is 3.22. The van der Waals surface area contributed by atoms with Gasteiger partial charge in [0, 0.05) is 18.0 Å². The standard InChI is InChI=1S/C12H12N4S/c13-12(17)9-4-6-15-11(7-9)16-8-10-3-1-2-5-14-10/h1-7H,8H2,(H2,13,17)(H,15,16). The van der Waals surface area contributed by atoms with E-state index >= 15 is 0 Å². The van der Waals surface area contributed by atoms with Crippen LogP contribution < -0.4 is 11.1 Å². The van der Waals surface area contributed by atoms with Crippen molar-refractivity contribution in [1.82, 2.24) is 9.97 Å². The summed E-state index contributed by atoms with van der Waals surface area (Å²) in [5.74, 6) is 0.737. The van der Waals surface area contributed by atoms with Gasteiger partial charge in [0.05, 0.1) is 12.2 Å². The molecule has 0 bridgehead atoms. The van der Waals surface area contributed by atoms with Crippen LogP contribution in [0.25, 0.3) is 0 Å². The second-order valence-electron chi connectivity index (χ2n) is 3.47. The molecule has 4 nitrogen and oxygen atoms in total. The first-order valence-corrected chi connectivity index (χ1v) is 5.56. The number of nitrogens with two attached hydrogens (primary N) is 1. The molecule has 2 rings (SSSR count). The van der Waals surface area contributed by atoms with E-state index in [0.717, 1.165) is 17.1 Å². The second-order valence-corrected chi connectivity index (χ2v) is 3.91. The molecule has 0 atom stereocenters. The lowest BCUT2D eigenvalue weighted by Gasteiger charge is -2.06. The molecule has 0 saturated heterocycles. The van der Waals surface area contributed by atoms with Crippen LogP contribution in [0, 0.1) is 0 Å². The van der Waals surface area contributed by atoms with Gasteiger partial charge in [-0.3, -0.25) is 4.98 Å². The zero-order valence-corrected chi connectivity index (χ0v) is 9.95. The summed E-state index contributed by atoms with van der Waals surface area (Å²) < 4.78 is 0. The molecule has 2 aromatic rings. The van der Waals surface area contributed by atoms with Gasteiger partial charge in [0.25, 0.3) is 0 Å². The maximum Gasteiger partial charge on any atom is 0.126 e. The summed E-state index contributed by atoms with van der Waals surface area (Å²) >= 11 is 4.91. The largest absolute Gasteiger partial charge is 0.389 e. The summed E-state index contributed by atoms with van der Waals surface area (Å²) in [5, 5.41) is 3.17. The molecule has 0 aliphatic heterocycles. The molecule has 0 fully saturated rings. The molecule has 2 aromatic heterocycles. The summed E-state index contributed by atoms with van der Waals surface area (Å²) in [4.78, 5) is 8.76. The van der Waals surface area contributed by atoms with Crippen molar-refractivity contribution in [1.29, 1.82) is 0 Å².